The molecule has 104 valence electrons. The van der Waals surface area contributed by atoms with Crippen LogP contribution in [0.4, 0.5) is 10.1 Å². The van der Waals surface area contributed by atoms with E-state index in [0.29, 0.717) is 22.2 Å². The van der Waals surface area contributed by atoms with Gasteiger partial charge >= 0.3 is 0 Å². The maximum Gasteiger partial charge on any atom is 0.272 e. The number of hydrogen-bond donors (Lipinski definition) is 0. The Bertz CT molecular complexity index is 661. The van der Waals surface area contributed by atoms with Crippen LogP contribution in [0.25, 0.3) is 0 Å². The van der Waals surface area contributed by atoms with Crippen LogP contribution >= 0.6 is 15.9 Å². The molecule has 6 heteroatoms. The van der Waals surface area contributed by atoms with Crippen molar-refractivity contribution in [3.05, 3.63) is 63.5 Å². The summed E-state index contributed by atoms with van der Waals surface area (Å²) in [6.07, 6.45) is 0. The number of alkyl halides is 1. The Hall–Kier alpha value is -1.95. The van der Waals surface area contributed by atoms with Crippen LogP contribution in [0.2, 0.25) is 0 Å². The molecule has 20 heavy (non-hydrogen) atoms. The Labute approximate surface area is 123 Å². The molecule has 0 aliphatic carbocycles. The van der Waals surface area contributed by atoms with Gasteiger partial charge in [0.25, 0.3) is 5.69 Å². The summed E-state index contributed by atoms with van der Waals surface area (Å²) in [6.45, 7) is 1.61. The van der Waals surface area contributed by atoms with Crippen molar-refractivity contribution in [2.75, 3.05) is 0 Å². The van der Waals surface area contributed by atoms with Gasteiger partial charge < -0.3 is 4.74 Å². The highest BCUT2D eigenvalue weighted by Gasteiger charge is 2.14. The number of para-hydroxylation sites is 1. The zero-order valence-electron chi connectivity index (χ0n) is 10.6. The van der Waals surface area contributed by atoms with E-state index in [9.17, 15) is 14.5 Å². The molecule has 0 atom stereocenters. The molecule has 0 saturated heterocycles. The molecule has 2 aromatic carbocycles. The zero-order valence-corrected chi connectivity index (χ0v) is 12.2. The van der Waals surface area contributed by atoms with Gasteiger partial charge in [0.2, 0.25) is 0 Å². The Balaban J connectivity index is 2.36. The van der Waals surface area contributed by atoms with Crippen LogP contribution in [-0.2, 0) is 5.33 Å². The lowest BCUT2D eigenvalue weighted by atomic mass is 10.2. The van der Waals surface area contributed by atoms with Crippen molar-refractivity contribution >= 4 is 21.6 Å². The molecule has 0 heterocycles. The number of ether oxygens (including phenoxy) is 1. The number of aryl methyl sites for hydroxylation is 1. The number of halogens is 2. The summed E-state index contributed by atoms with van der Waals surface area (Å²) in [7, 11) is 0. The van der Waals surface area contributed by atoms with E-state index in [0.717, 1.165) is 0 Å². The average Bonchev–Trinajstić information content (AvgIpc) is 2.40. The van der Waals surface area contributed by atoms with Gasteiger partial charge in [0, 0.05) is 22.5 Å². The van der Waals surface area contributed by atoms with Crippen LogP contribution in [0.5, 0.6) is 11.5 Å². The molecule has 0 aliphatic heterocycles. The van der Waals surface area contributed by atoms with Crippen LogP contribution in [0, 0.1) is 22.9 Å². The van der Waals surface area contributed by atoms with E-state index in [1.165, 1.54) is 24.3 Å². The van der Waals surface area contributed by atoms with Crippen molar-refractivity contribution in [3.8, 4) is 11.5 Å². The van der Waals surface area contributed by atoms with Gasteiger partial charge in [-0.2, -0.15) is 0 Å². The maximum absolute atomic E-state index is 13.8. The lowest BCUT2D eigenvalue weighted by Crippen LogP contribution is -1.95. The molecule has 0 amide bonds. The highest BCUT2D eigenvalue weighted by Crippen LogP contribution is 2.32. The van der Waals surface area contributed by atoms with Crippen molar-refractivity contribution in [2.45, 2.75) is 12.3 Å². The normalized spacial score (nSPS) is 10.3. The van der Waals surface area contributed by atoms with Gasteiger partial charge in [0.15, 0.2) is 11.6 Å². The molecule has 0 aromatic heterocycles. The van der Waals surface area contributed by atoms with Crippen molar-refractivity contribution in [1.29, 1.82) is 0 Å². The van der Waals surface area contributed by atoms with Crippen molar-refractivity contribution in [1.82, 2.24) is 0 Å². The highest BCUT2D eigenvalue weighted by atomic mass is 79.9. The van der Waals surface area contributed by atoms with Crippen LogP contribution in [0.15, 0.2) is 36.4 Å². The first-order valence-electron chi connectivity index (χ1n) is 5.79. The fourth-order valence-electron chi connectivity index (χ4n) is 1.79. The third-order valence-corrected chi connectivity index (χ3v) is 3.38. The van der Waals surface area contributed by atoms with Gasteiger partial charge in [-0.15, -0.1) is 0 Å². The third kappa shape index (κ3) is 2.96. The molecular formula is C14H11BrFNO3. The molecule has 4 nitrogen and oxygen atoms in total. The Morgan fingerprint density at radius 2 is 2.10 bits per heavy atom. The summed E-state index contributed by atoms with van der Waals surface area (Å²) in [5.41, 5.74) is 1.14. The number of benzene rings is 2. The fraction of sp³-hybridized carbons (Fsp3) is 0.143. The zero-order chi connectivity index (χ0) is 14.7. The minimum absolute atomic E-state index is 0.00611. The summed E-state index contributed by atoms with van der Waals surface area (Å²) in [5.74, 6) is 0.0102. The smallest absolute Gasteiger partial charge is 0.272 e. The number of nitro benzene ring substituents is 1. The molecule has 2 rings (SSSR count). The largest absolute Gasteiger partial charge is 0.454 e. The minimum atomic E-state index is -0.474. The second-order valence-corrected chi connectivity index (χ2v) is 4.73. The number of nitro groups is 1. The standard InChI is InChI=1S/C14H11BrFNO3/c1-9-7-11(5-6-13(9)17(18)19)20-14-10(8-15)3-2-4-12(14)16/h2-7H,8H2,1H3. The van der Waals surface area contributed by atoms with E-state index in [-0.39, 0.29) is 11.4 Å². The van der Waals surface area contributed by atoms with Gasteiger partial charge in [0.1, 0.15) is 5.75 Å². The van der Waals surface area contributed by atoms with Crippen molar-refractivity contribution in [2.24, 2.45) is 0 Å². The SMILES string of the molecule is Cc1cc(Oc2c(F)cccc2CBr)ccc1[N+](=O)[O-]. The third-order valence-electron chi connectivity index (χ3n) is 2.78. The van der Waals surface area contributed by atoms with E-state index >= 15 is 0 Å². The lowest BCUT2D eigenvalue weighted by Gasteiger charge is -2.11. The summed E-state index contributed by atoms with van der Waals surface area (Å²) >= 11 is 3.27. The van der Waals surface area contributed by atoms with Crippen LogP contribution in [-0.4, -0.2) is 4.92 Å². The molecular weight excluding hydrogens is 329 g/mol. The summed E-state index contributed by atoms with van der Waals surface area (Å²) < 4.78 is 19.3. The van der Waals surface area contributed by atoms with Gasteiger partial charge in [-0.25, -0.2) is 4.39 Å². The van der Waals surface area contributed by atoms with Gasteiger partial charge in [0.05, 0.1) is 4.92 Å². The number of nitrogens with zero attached hydrogens (tertiary/aromatic N) is 1. The Kier molecular flexibility index (Phi) is 4.34. The molecule has 0 fully saturated rings. The van der Waals surface area contributed by atoms with Crippen LogP contribution < -0.4 is 4.74 Å². The first-order valence-corrected chi connectivity index (χ1v) is 6.91. The number of rotatable bonds is 4. The Morgan fingerprint density at radius 3 is 2.70 bits per heavy atom. The molecule has 0 radical (unpaired) electrons. The second-order valence-electron chi connectivity index (χ2n) is 4.17. The average molecular weight is 340 g/mol. The van der Waals surface area contributed by atoms with Gasteiger partial charge in [-0.1, -0.05) is 28.1 Å². The quantitative estimate of drug-likeness (QED) is 0.459. The summed E-state index contributed by atoms with van der Waals surface area (Å²) in [6, 6.07) is 8.96. The summed E-state index contributed by atoms with van der Waals surface area (Å²) in [4.78, 5) is 10.3. The predicted molar refractivity (Wildman–Crippen MR) is 76.9 cm³/mol. The Morgan fingerprint density at radius 1 is 1.35 bits per heavy atom. The predicted octanol–water partition coefficient (Wildman–Crippen LogP) is 4.73. The first kappa shape index (κ1) is 14.5. The molecule has 0 aliphatic rings. The van der Waals surface area contributed by atoms with E-state index in [1.54, 1.807) is 19.1 Å². The number of hydrogen-bond acceptors (Lipinski definition) is 3. The maximum atomic E-state index is 13.8. The van der Waals surface area contributed by atoms with E-state index < -0.39 is 10.7 Å². The molecule has 0 bridgehead atoms. The molecule has 0 N–H and O–H groups in total. The van der Waals surface area contributed by atoms with Crippen molar-refractivity contribution in [3.63, 3.8) is 0 Å². The van der Waals surface area contributed by atoms with Crippen LogP contribution in [0.3, 0.4) is 0 Å². The molecule has 2 aromatic rings. The van der Waals surface area contributed by atoms with Gasteiger partial charge in [-0.05, 0) is 25.1 Å². The van der Waals surface area contributed by atoms with Crippen LogP contribution in [0.1, 0.15) is 11.1 Å². The van der Waals surface area contributed by atoms with E-state index in [4.69, 9.17) is 4.74 Å². The monoisotopic (exact) mass is 339 g/mol. The van der Waals surface area contributed by atoms with Gasteiger partial charge in [-0.3, -0.25) is 10.1 Å². The molecule has 0 saturated carbocycles. The highest BCUT2D eigenvalue weighted by molar-refractivity contribution is 9.08. The van der Waals surface area contributed by atoms with E-state index in [2.05, 4.69) is 15.9 Å². The molecule has 0 spiro atoms. The summed E-state index contributed by atoms with van der Waals surface area (Å²) in [5, 5.41) is 11.2. The molecule has 0 unspecified atom stereocenters. The van der Waals surface area contributed by atoms with E-state index in [1.807, 2.05) is 0 Å². The lowest BCUT2D eigenvalue weighted by molar-refractivity contribution is -0.385. The topological polar surface area (TPSA) is 52.4 Å². The first-order chi connectivity index (χ1) is 9.52. The minimum Gasteiger partial charge on any atom is -0.454 e. The van der Waals surface area contributed by atoms with Crippen molar-refractivity contribution < 1.29 is 14.1 Å². The second kappa shape index (κ2) is 6.00. The fourth-order valence-corrected chi connectivity index (χ4v) is 2.23.